The van der Waals surface area contributed by atoms with E-state index in [0.717, 1.165) is 54.9 Å². The number of benzene rings is 2. The lowest BCUT2D eigenvalue weighted by Gasteiger charge is -2.41. The standard InChI is InChI=1S/C23H26N2O4S/c26-23-21(19-5-1-2-6-20(19)24-23)22-18-8-7-16(14-17(18)15-29-22)4-3-9-25-10-12-30(27,28)13-11-25/h1-2,5-8,14,27-28H,3-4,9-13,15H2,(H,24,26). The van der Waals surface area contributed by atoms with Gasteiger partial charge in [0, 0.05) is 35.5 Å². The van der Waals surface area contributed by atoms with Crippen molar-refractivity contribution in [1.82, 2.24) is 4.90 Å². The highest BCUT2D eigenvalue weighted by atomic mass is 32.3. The van der Waals surface area contributed by atoms with Crippen molar-refractivity contribution in [2.75, 3.05) is 36.5 Å². The van der Waals surface area contributed by atoms with E-state index >= 15 is 0 Å². The summed E-state index contributed by atoms with van der Waals surface area (Å²) >= 11 is 0. The van der Waals surface area contributed by atoms with Gasteiger partial charge in [0.1, 0.15) is 12.4 Å². The number of hydrogen-bond acceptors (Lipinski definition) is 5. The minimum atomic E-state index is -2.32. The van der Waals surface area contributed by atoms with E-state index in [9.17, 15) is 13.9 Å². The topological polar surface area (TPSA) is 82.0 Å². The summed E-state index contributed by atoms with van der Waals surface area (Å²) in [6.45, 7) is 2.98. The van der Waals surface area contributed by atoms with Gasteiger partial charge in [-0.15, -0.1) is 0 Å². The Kier molecular flexibility index (Phi) is 5.06. The van der Waals surface area contributed by atoms with Crippen molar-refractivity contribution in [2.45, 2.75) is 19.4 Å². The number of ether oxygens (including phenoxy) is 1. The molecule has 3 aliphatic rings. The normalized spacial score (nSPS) is 23.5. The van der Waals surface area contributed by atoms with Crippen molar-refractivity contribution in [1.29, 1.82) is 0 Å². The highest BCUT2D eigenvalue weighted by molar-refractivity contribution is 8.24. The molecule has 0 aliphatic carbocycles. The number of carbonyl (C=O) groups is 1. The average Bonchev–Trinajstić information content (AvgIpc) is 3.28. The van der Waals surface area contributed by atoms with Crippen LogP contribution in [0.2, 0.25) is 0 Å². The van der Waals surface area contributed by atoms with Gasteiger partial charge in [0.15, 0.2) is 0 Å². The van der Waals surface area contributed by atoms with Crippen LogP contribution in [0, 0.1) is 0 Å². The molecule has 2 aromatic rings. The lowest BCUT2D eigenvalue weighted by Crippen LogP contribution is -2.38. The van der Waals surface area contributed by atoms with Crippen LogP contribution in [0.15, 0.2) is 42.5 Å². The summed E-state index contributed by atoms with van der Waals surface area (Å²) < 4.78 is 25.4. The van der Waals surface area contributed by atoms with Crippen LogP contribution in [-0.2, 0) is 22.6 Å². The number of carbonyl (C=O) groups excluding carboxylic acids is 1. The molecule has 0 spiro atoms. The van der Waals surface area contributed by atoms with E-state index in [2.05, 4.69) is 28.4 Å². The Morgan fingerprint density at radius 1 is 1.07 bits per heavy atom. The molecule has 1 amide bonds. The number of aryl methyl sites for hydroxylation is 1. The molecule has 0 aromatic heterocycles. The molecule has 2 aromatic carbocycles. The van der Waals surface area contributed by atoms with E-state index < -0.39 is 10.6 Å². The molecule has 0 atom stereocenters. The van der Waals surface area contributed by atoms with E-state index in [-0.39, 0.29) is 5.91 Å². The predicted octanol–water partition coefficient (Wildman–Crippen LogP) is 4.04. The van der Waals surface area contributed by atoms with Gasteiger partial charge in [-0.05, 0) is 31.0 Å². The SMILES string of the molecule is O=C1Nc2ccccc2C1=C1OCc2cc(CCCN3CCS(O)(O)CC3)ccc21. The molecular weight excluding hydrogens is 400 g/mol. The minimum Gasteiger partial charge on any atom is -0.487 e. The van der Waals surface area contributed by atoms with Crippen LogP contribution < -0.4 is 5.32 Å². The van der Waals surface area contributed by atoms with Gasteiger partial charge in [-0.1, -0.05) is 36.4 Å². The zero-order chi connectivity index (χ0) is 20.7. The molecule has 3 aliphatic heterocycles. The largest absolute Gasteiger partial charge is 0.487 e. The fourth-order valence-corrected chi connectivity index (χ4v) is 5.72. The quantitative estimate of drug-likeness (QED) is 0.643. The van der Waals surface area contributed by atoms with Crippen molar-refractivity contribution < 1.29 is 18.6 Å². The summed E-state index contributed by atoms with van der Waals surface area (Å²) in [6, 6.07) is 14.1. The van der Waals surface area contributed by atoms with Gasteiger partial charge < -0.3 is 15.0 Å². The summed E-state index contributed by atoms with van der Waals surface area (Å²) in [6.07, 6.45) is 2.00. The Morgan fingerprint density at radius 2 is 1.87 bits per heavy atom. The molecule has 1 saturated heterocycles. The molecule has 0 saturated carbocycles. The third-order valence-electron chi connectivity index (χ3n) is 6.09. The zero-order valence-corrected chi connectivity index (χ0v) is 17.6. The summed E-state index contributed by atoms with van der Waals surface area (Å²) in [7, 11) is -2.32. The molecule has 6 nitrogen and oxygen atoms in total. The summed E-state index contributed by atoms with van der Waals surface area (Å²) in [4.78, 5) is 14.9. The Bertz CT molecular complexity index is 1020. The number of para-hydroxylation sites is 1. The van der Waals surface area contributed by atoms with Gasteiger partial charge in [-0.25, -0.2) is 0 Å². The van der Waals surface area contributed by atoms with Gasteiger partial charge >= 0.3 is 0 Å². The first-order valence-corrected chi connectivity index (χ1v) is 12.2. The summed E-state index contributed by atoms with van der Waals surface area (Å²) in [5.74, 6) is 1.56. The molecular formula is C23H26N2O4S. The smallest absolute Gasteiger partial charge is 0.260 e. The highest BCUT2D eigenvalue weighted by Gasteiger charge is 2.32. The van der Waals surface area contributed by atoms with Gasteiger partial charge in [0.25, 0.3) is 5.91 Å². The summed E-state index contributed by atoms with van der Waals surface area (Å²) in [5.41, 5.74) is 5.74. The first kappa shape index (κ1) is 19.6. The predicted molar refractivity (Wildman–Crippen MR) is 120 cm³/mol. The molecule has 5 rings (SSSR count). The molecule has 3 heterocycles. The van der Waals surface area contributed by atoms with Crippen molar-refractivity contribution in [2.24, 2.45) is 0 Å². The lowest BCUT2D eigenvalue weighted by atomic mass is 9.98. The molecule has 7 heteroatoms. The summed E-state index contributed by atoms with van der Waals surface area (Å²) in [5, 5.41) is 2.92. The average molecular weight is 427 g/mol. The van der Waals surface area contributed by atoms with Crippen molar-refractivity contribution in [3.63, 3.8) is 0 Å². The fourth-order valence-electron chi connectivity index (χ4n) is 4.42. The van der Waals surface area contributed by atoms with Crippen LogP contribution in [-0.4, -0.2) is 51.1 Å². The maximum Gasteiger partial charge on any atom is 0.260 e. The monoisotopic (exact) mass is 426 g/mol. The molecule has 3 N–H and O–H groups in total. The Balaban J connectivity index is 1.28. The fraction of sp³-hybridized carbons (Fsp3) is 0.348. The molecule has 158 valence electrons. The number of fused-ring (bicyclic) bond motifs is 2. The van der Waals surface area contributed by atoms with Crippen molar-refractivity contribution >= 4 is 33.5 Å². The third kappa shape index (κ3) is 3.74. The molecule has 0 unspecified atom stereocenters. The van der Waals surface area contributed by atoms with Crippen LogP contribution in [0.25, 0.3) is 11.3 Å². The van der Waals surface area contributed by atoms with Crippen LogP contribution in [0.4, 0.5) is 5.69 Å². The second-order valence-corrected chi connectivity index (χ2v) is 10.6. The van der Waals surface area contributed by atoms with Gasteiger partial charge in [0.2, 0.25) is 0 Å². The van der Waals surface area contributed by atoms with Gasteiger partial charge in [0.05, 0.1) is 17.1 Å². The third-order valence-corrected chi connectivity index (χ3v) is 7.77. The number of nitrogens with one attached hydrogen (secondary N) is 1. The number of hydrogen-bond donors (Lipinski definition) is 3. The Labute approximate surface area is 177 Å². The first-order valence-electron chi connectivity index (χ1n) is 10.4. The molecule has 30 heavy (non-hydrogen) atoms. The van der Waals surface area contributed by atoms with E-state index in [1.165, 1.54) is 5.56 Å². The van der Waals surface area contributed by atoms with E-state index in [4.69, 9.17) is 4.74 Å². The maximum atomic E-state index is 12.5. The van der Waals surface area contributed by atoms with Crippen LogP contribution in [0.3, 0.4) is 0 Å². The number of nitrogens with zero attached hydrogens (tertiary/aromatic N) is 1. The van der Waals surface area contributed by atoms with E-state index in [0.29, 0.717) is 29.4 Å². The lowest BCUT2D eigenvalue weighted by molar-refractivity contribution is -0.110. The second kappa shape index (κ2) is 7.74. The van der Waals surface area contributed by atoms with Crippen LogP contribution in [0.5, 0.6) is 0 Å². The minimum absolute atomic E-state index is 0.110. The molecule has 0 radical (unpaired) electrons. The number of rotatable bonds is 4. The second-order valence-electron chi connectivity index (χ2n) is 8.14. The van der Waals surface area contributed by atoms with Gasteiger partial charge in [-0.3, -0.25) is 13.9 Å². The van der Waals surface area contributed by atoms with Crippen LogP contribution >= 0.6 is 10.6 Å². The van der Waals surface area contributed by atoms with Gasteiger partial charge in [-0.2, -0.15) is 10.6 Å². The van der Waals surface area contributed by atoms with Crippen LogP contribution in [0.1, 0.15) is 28.7 Å². The number of amides is 1. The van der Waals surface area contributed by atoms with E-state index in [1.54, 1.807) is 0 Å². The maximum absolute atomic E-state index is 12.5. The Hall–Kier alpha value is -2.32. The molecule has 0 bridgehead atoms. The van der Waals surface area contributed by atoms with E-state index in [1.807, 2.05) is 24.3 Å². The Morgan fingerprint density at radius 3 is 2.70 bits per heavy atom. The van der Waals surface area contributed by atoms with Crippen molar-refractivity contribution in [3.05, 3.63) is 64.7 Å². The first-order chi connectivity index (χ1) is 14.5. The zero-order valence-electron chi connectivity index (χ0n) is 16.8. The highest BCUT2D eigenvalue weighted by Crippen LogP contribution is 2.42. The molecule has 1 fully saturated rings. The number of anilines is 1. The van der Waals surface area contributed by atoms with Crippen molar-refractivity contribution in [3.8, 4) is 0 Å².